The fourth-order valence-corrected chi connectivity index (χ4v) is 6.92. The van der Waals surface area contributed by atoms with E-state index in [4.69, 9.17) is 5.73 Å². The Morgan fingerprint density at radius 2 is 1.80 bits per heavy atom. The minimum absolute atomic E-state index is 0.437. The van der Waals surface area contributed by atoms with Crippen molar-refractivity contribution >= 4 is 0 Å². The van der Waals surface area contributed by atoms with E-state index < -0.39 is 0 Å². The summed E-state index contributed by atoms with van der Waals surface area (Å²) in [5.74, 6) is 2.11. The van der Waals surface area contributed by atoms with E-state index in [1.54, 1.807) is 0 Å². The summed E-state index contributed by atoms with van der Waals surface area (Å²) in [6.45, 7) is 4.85. The van der Waals surface area contributed by atoms with Crippen LogP contribution in [0.3, 0.4) is 0 Å². The van der Waals surface area contributed by atoms with Gasteiger partial charge in [0.2, 0.25) is 0 Å². The molecule has 4 saturated carbocycles. The van der Waals surface area contributed by atoms with Gasteiger partial charge < -0.3 is 5.73 Å². The molecule has 1 nitrogen and oxygen atoms in total. The first-order valence-electron chi connectivity index (χ1n) is 6.77. The maximum absolute atomic E-state index is 6.36. The van der Waals surface area contributed by atoms with Crippen LogP contribution in [0.25, 0.3) is 0 Å². The third-order valence-corrected chi connectivity index (χ3v) is 7.02. The van der Waals surface area contributed by atoms with Gasteiger partial charge in [0.15, 0.2) is 0 Å². The zero-order chi connectivity index (χ0) is 10.5. The first kappa shape index (κ1) is 9.04. The topological polar surface area (TPSA) is 26.0 Å². The molecule has 4 fully saturated rings. The molecule has 2 N–H and O–H groups in total. The predicted octanol–water partition coefficient (Wildman–Crippen LogP) is 2.94. The smallest absolute Gasteiger partial charge is 0.00728 e. The molecule has 0 amide bonds. The van der Waals surface area contributed by atoms with Gasteiger partial charge in [-0.05, 0) is 73.5 Å². The molecule has 6 unspecified atom stereocenters. The van der Waals surface area contributed by atoms with Crippen molar-refractivity contribution in [2.45, 2.75) is 58.4 Å². The quantitative estimate of drug-likeness (QED) is 0.700. The van der Waals surface area contributed by atoms with Crippen molar-refractivity contribution in [1.29, 1.82) is 0 Å². The van der Waals surface area contributed by atoms with Crippen molar-refractivity contribution in [3.8, 4) is 0 Å². The Morgan fingerprint density at radius 1 is 1.13 bits per heavy atom. The molecule has 1 heteroatoms. The van der Waals surface area contributed by atoms with Gasteiger partial charge in [0.25, 0.3) is 0 Å². The van der Waals surface area contributed by atoms with Crippen LogP contribution in [0.5, 0.6) is 0 Å². The third-order valence-electron chi connectivity index (χ3n) is 7.02. The van der Waals surface area contributed by atoms with Gasteiger partial charge in [-0.15, -0.1) is 0 Å². The Balaban J connectivity index is 1.88. The number of nitrogens with two attached hydrogens (primary N) is 1. The van der Waals surface area contributed by atoms with Crippen molar-refractivity contribution in [3.05, 3.63) is 0 Å². The van der Waals surface area contributed by atoms with Crippen LogP contribution in [0.1, 0.15) is 52.4 Å². The summed E-state index contributed by atoms with van der Waals surface area (Å²) in [7, 11) is 0. The molecule has 0 aromatic heterocycles. The number of fused-ring (bicyclic) bond motifs is 2. The van der Waals surface area contributed by atoms with Crippen LogP contribution >= 0.6 is 0 Å². The fraction of sp³-hybridized carbons (Fsp3) is 1.00. The van der Waals surface area contributed by atoms with E-state index in [9.17, 15) is 0 Å². The van der Waals surface area contributed by atoms with Crippen LogP contribution in [0.15, 0.2) is 0 Å². The second-order valence-electron chi connectivity index (χ2n) is 7.55. The molecule has 0 heterocycles. The molecule has 0 aromatic carbocycles. The van der Waals surface area contributed by atoms with Crippen molar-refractivity contribution in [1.82, 2.24) is 0 Å². The third kappa shape index (κ3) is 0.686. The summed E-state index contributed by atoms with van der Waals surface area (Å²) < 4.78 is 0. The summed E-state index contributed by atoms with van der Waals surface area (Å²) >= 11 is 0. The number of hydrogen-bond donors (Lipinski definition) is 1. The zero-order valence-corrected chi connectivity index (χ0v) is 10.1. The van der Waals surface area contributed by atoms with Crippen molar-refractivity contribution < 1.29 is 0 Å². The molecule has 3 bridgehead atoms. The average molecular weight is 205 g/mol. The maximum atomic E-state index is 6.36. The lowest BCUT2D eigenvalue weighted by Crippen LogP contribution is -2.64. The molecule has 84 valence electrons. The Morgan fingerprint density at radius 3 is 2.47 bits per heavy atom. The molecule has 0 saturated heterocycles. The van der Waals surface area contributed by atoms with Gasteiger partial charge in [-0.25, -0.2) is 0 Å². The summed E-state index contributed by atoms with van der Waals surface area (Å²) in [6, 6.07) is 0.437. The normalized spacial score (nSPS) is 66.6. The SMILES string of the molecule is CC(N)C12CC3CC4CC(C)(C1)C2(C4)C3. The second-order valence-corrected chi connectivity index (χ2v) is 7.55. The molecule has 0 aromatic rings. The fourth-order valence-electron chi connectivity index (χ4n) is 6.92. The summed E-state index contributed by atoms with van der Waals surface area (Å²) in [5, 5.41) is 0. The highest BCUT2D eigenvalue weighted by atomic mass is 14.9. The minimum atomic E-state index is 0.437. The summed E-state index contributed by atoms with van der Waals surface area (Å²) in [6.07, 6.45) is 9.04. The summed E-state index contributed by atoms with van der Waals surface area (Å²) in [5.41, 5.74) is 8.32. The van der Waals surface area contributed by atoms with E-state index in [2.05, 4.69) is 13.8 Å². The van der Waals surface area contributed by atoms with Gasteiger partial charge in [-0.1, -0.05) is 6.92 Å². The molecular formula is C14H23N. The lowest BCUT2D eigenvalue weighted by Gasteiger charge is -2.67. The minimum Gasteiger partial charge on any atom is -0.327 e. The Kier molecular flexibility index (Phi) is 1.30. The molecule has 4 aliphatic carbocycles. The zero-order valence-electron chi connectivity index (χ0n) is 10.1. The van der Waals surface area contributed by atoms with E-state index in [1.807, 2.05) is 0 Å². The average Bonchev–Trinajstić information content (AvgIpc) is 2.41. The van der Waals surface area contributed by atoms with E-state index in [1.165, 1.54) is 38.5 Å². The number of rotatable bonds is 1. The lowest BCUT2D eigenvalue weighted by molar-refractivity contribution is -0.178. The molecule has 4 aliphatic rings. The van der Waals surface area contributed by atoms with Gasteiger partial charge in [-0.2, -0.15) is 0 Å². The van der Waals surface area contributed by atoms with Gasteiger partial charge in [0, 0.05) is 6.04 Å². The van der Waals surface area contributed by atoms with Crippen LogP contribution in [0, 0.1) is 28.1 Å². The Labute approximate surface area is 92.8 Å². The van der Waals surface area contributed by atoms with Gasteiger partial charge in [0.05, 0.1) is 0 Å². The van der Waals surface area contributed by atoms with Crippen molar-refractivity contribution in [3.63, 3.8) is 0 Å². The lowest BCUT2D eigenvalue weighted by atomic mass is 9.37. The van der Waals surface area contributed by atoms with Gasteiger partial charge in [-0.3, -0.25) is 0 Å². The number of hydrogen-bond acceptors (Lipinski definition) is 1. The standard InChI is InChI=1S/C14H23N/c1-9(15)13-5-11-3-10-4-12(2,8-13)14(13,6-10)7-11/h9-11H,3-8,15H2,1-2H3. The Bertz CT molecular complexity index is 330. The van der Waals surface area contributed by atoms with Crippen LogP contribution < -0.4 is 5.73 Å². The predicted molar refractivity (Wildman–Crippen MR) is 61.3 cm³/mol. The molecule has 6 atom stereocenters. The van der Waals surface area contributed by atoms with E-state index >= 15 is 0 Å². The first-order valence-corrected chi connectivity index (χ1v) is 6.77. The largest absolute Gasteiger partial charge is 0.327 e. The van der Waals surface area contributed by atoms with E-state index in [0.717, 1.165) is 11.8 Å². The van der Waals surface area contributed by atoms with Gasteiger partial charge >= 0.3 is 0 Å². The van der Waals surface area contributed by atoms with E-state index in [0.29, 0.717) is 22.3 Å². The van der Waals surface area contributed by atoms with Crippen molar-refractivity contribution in [2.75, 3.05) is 0 Å². The van der Waals surface area contributed by atoms with Crippen LogP contribution in [-0.4, -0.2) is 6.04 Å². The molecule has 0 radical (unpaired) electrons. The first-order chi connectivity index (χ1) is 7.01. The van der Waals surface area contributed by atoms with Crippen LogP contribution in [-0.2, 0) is 0 Å². The second kappa shape index (κ2) is 2.16. The van der Waals surface area contributed by atoms with E-state index in [-0.39, 0.29) is 0 Å². The molecule has 4 rings (SSSR count). The highest BCUT2D eigenvalue weighted by molar-refractivity contribution is 5.29. The monoisotopic (exact) mass is 205 g/mol. The molecule has 1 spiro atoms. The van der Waals surface area contributed by atoms with Gasteiger partial charge in [0.1, 0.15) is 0 Å². The Hall–Kier alpha value is -0.0400. The van der Waals surface area contributed by atoms with Crippen molar-refractivity contribution in [2.24, 2.45) is 33.8 Å². The molecule has 15 heavy (non-hydrogen) atoms. The highest BCUT2D eigenvalue weighted by Gasteiger charge is 2.79. The molecule has 0 aliphatic heterocycles. The highest BCUT2D eigenvalue weighted by Crippen LogP contribution is 2.86. The maximum Gasteiger partial charge on any atom is 0.00728 e. The molecular weight excluding hydrogens is 182 g/mol. The van der Waals surface area contributed by atoms with Crippen LogP contribution in [0.2, 0.25) is 0 Å². The summed E-state index contributed by atoms with van der Waals surface area (Å²) in [4.78, 5) is 0. The van der Waals surface area contributed by atoms with Crippen LogP contribution in [0.4, 0.5) is 0 Å².